The fourth-order valence-corrected chi connectivity index (χ4v) is 4.07. The van der Waals surface area contributed by atoms with Crippen molar-refractivity contribution in [3.63, 3.8) is 0 Å². The minimum atomic E-state index is -1.33. The van der Waals surface area contributed by atoms with E-state index in [1.165, 1.54) is 4.90 Å². The molecule has 2 unspecified atom stereocenters. The van der Waals surface area contributed by atoms with Crippen LogP contribution in [0, 0.1) is 13.8 Å². The van der Waals surface area contributed by atoms with Crippen LogP contribution in [0.4, 0.5) is 4.79 Å². The van der Waals surface area contributed by atoms with Crippen molar-refractivity contribution in [1.82, 2.24) is 15.5 Å². The molecule has 1 aliphatic rings. The highest BCUT2D eigenvalue weighted by atomic mass is 16.6. The maximum atomic E-state index is 13.9. The number of benzene rings is 1. The summed E-state index contributed by atoms with van der Waals surface area (Å²) < 4.78 is 10.2. The molecule has 0 bridgehead atoms. The normalized spacial score (nSPS) is 14.6. The Morgan fingerprint density at radius 1 is 1.13 bits per heavy atom. The smallest absolute Gasteiger partial charge is 0.408 e. The van der Waals surface area contributed by atoms with Gasteiger partial charge in [-0.3, -0.25) is 19.2 Å². The van der Waals surface area contributed by atoms with Crippen molar-refractivity contribution < 1.29 is 33.4 Å². The lowest BCUT2D eigenvalue weighted by molar-refractivity contribution is -0.145. The van der Waals surface area contributed by atoms with Crippen LogP contribution in [0.25, 0.3) is 0 Å². The summed E-state index contributed by atoms with van der Waals surface area (Å²) in [6, 6.07) is 2.87. The number of amides is 4. The van der Waals surface area contributed by atoms with E-state index in [2.05, 4.69) is 10.6 Å². The van der Waals surface area contributed by atoms with E-state index in [-0.39, 0.29) is 25.6 Å². The third-order valence-corrected chi connectivity index (χ3v) is 5.77. The Bertz CT molecular complexity index is 1050. The Morgan fingerprint density at radius 2 is 1.79 bits per heavy atom. The number of rotatable bonds is 12. The van der Waals surface area contributed by atoms with Crippen molar-refractivity contribution >= 4 is 29.8 Å². The topological polar surface area (TPSA) is 157 Å². The second-order valence-electron chi connectivity index (χ2n) is 10.5. The summed E-state index contributed by atoms with van der Waals surface area (Å²) in [5.74, 6) is -2.36. The van der Waals surface area contributed by atoms with Crippen LogP contribution in [0.1, 0.15) is 76.1 Å². The Balaban J connectivity index is 2.43. The molecule has 1 fully saturated rings. The lowest BCUT2D eigenvalue weighted by Crippen LogP contribution is -2.55. The highest BCUT2D eigenvalue weighted by molar-refractivity contribution is 5.95. The monoisotopic (exact) mass is 532 g/mol. The number of hydrogen-bond acceptors (Lipinski definition) is 7. The molecule has 11 heteroatoms. The van der Waals surface area contributed by atoms with Gasteiger partial charge in [0, 0.05) is 12.6 Å². The summed E-state index contributed by atoms with van der Waals surface area (Å²) in [4.78, 5) is 65.1. The molecule has 1 saturated carbocycles. The molecule has 1 aliphatic carbocycles. The molecule has 0 spiro atoms. The maximum Gasteiger partial charge on any atom is 0.408 e. The molecule has 11 nitrogen and oxygen atoms in total. The van der Waals surface area contributed by atoms with E-state index in [0.29, 0.717) is 18.4 Å². The summed E-state index contributed by atoms with van der Waals surface area (Å²) in [6.45, 7) is 10.7. The number of primary amides is 1. The van der Waals surface area contributed by atoms with Crippen LogP contribution in [0.5, 0.6) is 0 Å². The van der Waals surface area contributed by atoms with Gasteiger partial charge in [-0.05, 0) is 65.5 Å². The van der Waals surface area contributed by atoms with Crippen molar-refractivity contribution in [3.8, 4) is 0 Å². The predicted octanol–water partition coefficient (Wildman–Crippen LogP) is 2.17. The van der Waals surface area contributed by atoms with Crippen LogP contribution in [0.15, 0.2) is 18.2 Å². The predicted molar refractivity (Wildman–Crippen MR) is 140 cm³/mol. The number of alkyl carbamates (subject to hydrolysis) is 1. The van der Waals surface area contributed by atoms with Crippen molar-refractivity contribution in [3.05, 3.63) is 34.9 Å². The van der Waals surface area contributed by atoms with Gasteiger partial charge in [0.25, 0.3) is 0 Å². The first kappa shape index (κ1) is 30.6. The standard InChI is InChI=1S/C27H40N4O7/c1-7-37-22(33)12-13-29-24(34)23(19-11-8-16(2)14-17(19)3)31(18-9-10-18)25(35)20(15-21(28)32)30-26(36)38-27(4,5)6/h8,11,14,18,20,23H,7,9-10,12-13,15H2,1-6H3,(H2,28,32)(H,29,34)(H,30,36). The Morgan fingerprint density at radius 3 is 2.32 bits per heavy atom. The molecule has 0 aromatic heterocycles. The van der Waals surface area contributed by atoms with Gasteiger partial charge < -0.3 is 30.7 Å². The molecule has 1 aromatic carbocycles. The van der Waals surface area contributed by atoms with Gasteiger partial charge in [0.15, 0.2) is 0 Å². The molecule has 2 rings (SSSR count). The third kappa shape index (κ3) is 9.35. The molecule has 0 aliphatic heterocycles. The molecular formula is C27H40N4O7. The minimum Gasteiger partial charge on any atom is -0.466 e. The van der Waals surface area contributed by atoms with Gasteiger partial charge in [0.05, 0.1) is 19.4 Å². The Labute approximate surface area is 223 Å². The van der Waals surface area contributed by atoms with E-state index in [1.807, 2.05) is 26.0 Å². The largest absolute Gasteiger partial charge is 0.466 e. The molecular weight excluding hydrogens is 492 g/mol. The quantitative estimate of drug-likeness (QED) is 0.348. The average Bonchev–Trinajstić information content (AvgIpc) is 3.60. The van der Waals surface area contributed by atoms with Crippen molar-refractivity contribution in [2.24, 2.45) is 5.73 Å². The molecule has 0 saturated heterocycles. The van der Waals surface area contributed by atoms with Crippen molar-refractivity contribution in [2.45, 2.75) is 91.0 Å². The Hall–Kier alpha value is -3.63. The van der Waals surface area contributed by atoms with Crippen molar-refractivity contribution in [2.75, 3.05) is 13.2 Å². The highest BCUT2D eigenvalue weighted by Gasteiger charge is 2.44. The van der Waals surface area contributed by atoms with E-state index < -0.39 is 53.9 Å². The Kier molecular flexibility index (Phi) is 10.7. The molecule has 1 aromatic rings. The third-order valence-electron chi connectivity index (χ3n) is 5.77. The summed E-state index contributed by atoms with van der Waals surface area (Å²) in [7, 11) is 0. The first-order valence-electron chi connectivity index (χ1n) is 12.8. The van der Waals surface area contributed by atoms with Crippen LogP contribution in [0.3, 0.4) is 0 Å². The van der Waals surface area contributed by atoms with Crippen LogP contribution >= 0.6 is 0 Å². The number of carbonyl (C=O) groups is 5. The zero-order valence-corrected chi connectivity index (χ0v) is 23.1. The van der Waals surface area contributed by atoms with Gasteiger partial charge in [0.2, 0.25) is 17.7 Å². The van der Waals surface area contributed by atoms with E-state index in [9.17, 15) is 24.0 Å². The average molecular weight is 533 g/mol. The highest BCUT2D eigenvalue weighted by Crippen LogP contribution is 2.37. The molecule has 0 radical (unpaired) electrons. The summed E-state index contributed by atoms with van der Waals surface area (Å²) >= 11 is 0. The summed E-state index contributed by atoms with van der Waals surface area (Å²) in [6.07, 6.45) is -0.0699. The second-order valence-corrected chi connectivity index (χ2v) is 10.5. The molecule has 4 N–H and O–H groups in total. The van der Waals surface area contributed by atoms with E-state index >= 15 is 0 Å². The first-order chi connectivity index (χ1) is 17.7. The second kappa shape index (κ2) is 13.3. The number of ether oxygens (including phenoxy) is 2. The van der Waals surface area contributed by atoms with Gasteiger partial charge in [-0.15, -0.1) is 0 Å². The zero-order chi connectivity index (χ0) is 28.6. The molecule has 210 valence electrons. The van der Waals surface area contributed by atoms with Gasteiger partial charge in [-0.1, -0.05) is 23.8 Å². The fourth-order valence-electron chi connectivity index (χ4n) is 4.07. The molecule has 0 heterocycles. The van der Waals surface area contributed by atoms with E-state index in [4.69, 9.17) is 15.2 Å². The number of carbonyl (C=O) groups excluding carboxylic acids is 5. The van der Waals surface area contributed by atoms with Crippen LogP contribution in [0.2, 0.25) is 0 Å². The minimum absolute atomic E-state index is 0.0205. The zero-order valence-electron chi connectivity index (χ0n) is 23.1. The number of nitrogens with zero attached hydrogens (tertiary/aromatic N) is 1. The summed E-state index contributed by atoms with van der Waals surface area (Å²) in [5.41, 5.74) is 6.95. The van der Waals surface area contributed by atoms with E-state index in [1.54, 1.807) is 33.8 Å². The summed E-state index contributed by atoms with van der Waals surface area (Å²) in [5, 5.41) is 5.21. The number of aryl methyl sites for hydroxylation is 2. The lowest BCUT2D eigenvalue weighted by Gasteiger charge is -2.35. The number of esters is 1. The number of nitrogens with two attached hydrogens (primary N) is 1. The molecule has 4 amide bonds. The van der Waals surface area contributed by atoms with Gasteiger partial charge in [-0.2, -0.15) is 0 Å². The maximum absolute atomic E-state index is 13.9. The molecule has 2 atom stereocenters. The lowest BCUT2D eigenvalue weighted by atomic mass is 9.96. The van der Waals surface area contributed by atoms with Crippen molar-refractivity contribution in [1.29, 1.82) is 0 Å². The van der Waals surface area contributed by atoms with Crippen LogP contribution in [-0.4, -0.2) is 65.5 Å². The van der Waals surface area contributed by atoms with Gasteiger partial charge >= 0.3 is 12.1 Å². The van der Waals surface area contributed by atoms with E-state index in [0.717, 1.165) is 11.1 Å². The first-order valence-corrected chi connectivity index (χ1v) is 12.8. The fraction of sp³-hybridized carbons (Fsp3) is 0.593. The molecule has 38 heavy (non-hydrogen) atoms. The van der Waals surface area contributed by atoms with Crippen LogP contribution in [-0.2, 0) is 28.7 Å². The van der Waals surface area contributed by atoms with Gasteiger partial charge in [0.1, 0.15) is 17.7 Å². The van der Waals surface area contributed by atoms with Crippen LogP contribution < -0.4 is 16.4 Å². The SMILES string of the molecule is CCOC(=O)CCNC(=O)C(c1ccc(C)cc1C)N(C(=O)C(CC(N)=O)NC(=O)OC(C)(C)C)C1CC1. The van der Waals surface area contributed by atoms with Gasteiger partial charge in [-0.25, -0.2) is 4.79 Å². The number of nitrogens with one attached hydrogen (secondary N) is 2. The number of hydrogen-bond donors (Lipinski definition) is 3.